The van der Waals surface area contributed by atoms with E-state index in [1.165, 1.54) is 0 Å². The van der Waals surface area contributed by atoms with Gasteiger partial charge in [0.15, 0.2) is 0 Å². The van der Waals surface area contributed by atoms with Gasteiger partial charge in [-0.1, -0.05) is 0 Å². The van der Waals surface area contributed by atoms with Gasteiger partial charge in [0.05, 0.1) is 13.2 Å². The van der Waals surface area contributed by atoms with Crippen LogP contribution in [0.3, 0.4) is 0 Å². The van der Waals surface area contributed by atoms with Crippen molar-refractivity contribution >= 4 is 0 Å². The van der Waals surface area contributed by atoms with Crippen molar-refractivity contribution in [2.45, 2.75) is 18.6 Å². The van der Waals surface area contributed by atoms with Crippen molar-refractivity contribution in [2.24, 2.45) is 0 Å². The van der Waals surface area contributed by atoms with Gasteiger partial charge in [-0.05, 0) is 12.1 Å². The lowest BCUT2D eigenvalue weighted by molar-refractivity contribution is -0.0161. The van der Waals surface area contributed by atoms with E-state index in [1.807, 2.05) is 6.07 Å². The molecule has 0 saturated carbocycles. The second-order valence-electron chi connectivity index (χ2n) is 4.17. The van der Waals surface area contributed by atoms with Crippen LogP contribution >= 0.6 is 0 Å². The first-order valence-electron chi connectivity index (χ1n) is 5.60. The zero-order valence-corrected chi connectivity index (χ0v) is 9.86. The van der Waals surface area contributed by atoms with Crippen LogP contribution in [0, 0.1) is 11.3 Å². The van der Waals surface area contributed by atoms with E-state index in [0.717, 1.165) is 18.8 Å². The standard InChI is InChI=1S/C12H16N2O3/c1-15-12(4-5-16-9-12)8-14-7-11-3-2-10(6-13)17-11/h2-3,14H,4-5,7-9H2,1H3. The second kappa shape index (κ2) is 5.32. The normalized spacial score (nSPS) is 23.8. The highest BCUT2D eigenvalue weighted by Crippen LogP contribution is 2.21. The fraction of sp³-hybridized carbons (Fsp3) is 0.583. The summed E-state index contributed by atoms with van der Waals surface area (Å²) in [6.45, 7) is 2.67. The summed E-state index contributed by atoms with van der Waals surface area (Å²) in [6.07, 6.45) is 0.901. The van der Waals surface area contributed by atoms with E-state index in [1.54, 1.807) is 19.2 Å². The highest BCUT2D eigenvalue weighted by molar-refractivity contribution is 5.18. The Morgan fingerprint density at radius 2 is 2.47 bits per heavy atom. The van der Waals surface area contributed by atoms with Crippen LogP contribution in [0.1, 0.15) is 17.9 Å². The van der Waals surface area contributed by atoms with Gasteiger partial charge in [-0.15, -0.1) is 0 Å². The Morgan fingerprint density at radius 1 is 1.59 bits per heavy atom. The van der Waals surface area contributed by atoms with Crippen molar-refractivity contribution in [2.75, 3.05) is 26.9 Å². The molecule has 5 heteroatoms. The molecule has 17 heavy (non-hydrogen) atoms. The number of ether oxygens (including phenoxy) is 2. The lowest BCUT2D eigenvalue weighted by atomic mass is 10.0. The highest BCUT2D eigenvalue weighted by Gasteiger charge is 2.34. The number of nitrogens with one attached hydrogen (secondary N) is 1. The van der Waals surface area contributed by atoms with Crippen molar-refractivity contribution in [3.8, 4) is 6.07 Å². The first-order chi connectivity index (χ1) is 8.28. The Hall–Kier alpha value is -1.35. The van der Waals surface area contributed by atoms with Crippen molar-refractivity contribution in [3.05, 3.63) is 23.7 Å². The minimum Gasteiger partial charge on any atom is -0.449 e. The molecule has 5 nitrogen and oxygen atoms in total. The Kier molecular flexibility index (Phi) is 3.79. The maximum Gasteiger partial charge on any atom is 0.203 e. The molecule has 1 aliphatic heterocycles. The smallest absolute Gasteiger partial charge is 0.203 e. The molecule has 1 aromatic rings. The van der Waals surface area contributed by atoms with Gasteiger partial charge in [0.1, 0.15) is 17.4 Å². The van der Waals surface area contributed by atoms with Gasteiger partial charge in [0.2, 0.25) is 5.76 Å². The van der Waals surface area contributed by atoms with Crippen LogP contribution in [-0.4, -0.2) is 32.5 Å². The first kappa shape index (κ1) is 12.1. The molecular formula is C12H16N2O3. The highest BCUT2D eigenvalue weighted by atomic mass is 16.5. The number of nitriles is 1. The molecule has 0 bridgehead atoms. The Bertz CT molecular complexity index is 402. The van der Waals surface area contributed by atoms with Crippen LogP contribution < -0.4 is 5.32 Å². The number of hydrogen-bond acceptors (Lipinski definition) is 5. The zero-order valence-electron chi connectivity index (χ0n) is 9.86. The third kappa shape index (κ3) is 2.86. The number of rotatable bonds is 5. The summed E-state index contributed by atoms with van der Waals surface area (Å²) < 4.78 is 16.1. The quantitative estimate of drug-likeness (QED) is 0.827. The third-order valence-corrected chi connectivity index (χ3v) is 3.02. The molecule has 0 aromatic carbocycles. The molecule has 1 N–H and O–H groups in total. The molecular weight excluding hydrogens is 220 g/mol. The van der Waals surface area contributed by atoms with E-state index in [2.05, 4.69) is 5.32 Å². The fourth-order valence-electron chi connectivity index (χ4n) is 1.91. The van der Waals surface area contributed by atoms with Crippen LogP contribution in [-0.2, 0) is 16.0 Å². The van der Waals surface area contributed by atoms with E-state index < -0.39 is 0 Å². The molecule has 1 unspecified atom stereocenters. The molecule has 2 rings (SSSR count). The zero-order chi connectivity index (χ0) is 12.1. The molecule has 92 valence electrons. The monoisotopic (exact) mass is 236 g/mol. The predicted octanol–water partition coefficient (Wildman–Crippen LogP) is 1.05. The van der Waals surface area contributed by atoms with E-state index in [0.29, 0.717) is 25.5 Å². The summed E-state index contributed by atoms with van der Waals surface area (Å²) in [5.74, 6) is 1.10. The van der Waals surface area contributed by atoms with Gasteiger partial charge < -0.3 is 19.2 Å². The molecule has 0 spiro atoms. The van der Waals surface area contributed by atoms with Crippen LogP contribution in [0.5, 0.6) is 0 Å². The van der Waals surface area contributed by atoms with Crippen LogP contribution in [0.2, 0.25) is 0 Å². The topological polar surface area (TPSA) is 67.4 Å². The van der Waals surface area contributed by atoms with Crippen molar-refractivity contribution in [3.63, 3.8) is 0 Å². The Labute approximate surface area is 100 Å². The lowest BCUT2D eigenvalue weighted by Gasteiger charge is -2.25. The summed E-state index contributed by atoms with van der Waals surface area (Å²) >= 11 is 0. The summed E-state index contributed by atoms with van der Waals surface area (Å²) in [5.41, 5.74) is -0.218. The SMILES string of the molecule is COC1(CNCc2ccc(C#N)o2)CCOC1. The van der Waals surface area contributed by atoms with Gasteiger partial charge in [0, 0.05) is 26.7 Å². The summed E-state index contributed by atoms with van der Waals surface area (Å²) in [4.78, 5) is 0. The number of methoxy groups -OCH3 is 1. The van der Waals surface area contributed by atoms with Crippen molar-refractivity contribution in [1.82, 2.24) is 5.32 Å². The molecule has 1 atom stereocenters. The molecule has 0 amide bonds. The minimum absolute atomic E-state index is 0.218. The molecule has 1 aromatic heterocycles. The summed E-state index contributed by atoms with van der Waals surface area (Å²) in [5, 5.41) is 11.9. The van der Waals surface area contributed by atoms with Crippen LogP contribution in [0.25, 0.3) is 0 Å². The minimum atomic E-state index is -0.218. The number of hydrogen-bond donors (Lipinski definition) is 1. The van der Waals surface area contributed by atoms with E-state index in [4.69, 9.17) is 19.2 Å². The third-order valence-electron chi connectivity index (χ3n) is 3.02. The number of nitrogens with zero attached hydrogens (tertiary/aromatic N) is 1. The first-order valence-corrected chi connectivity index (χ1v) is 5.60. The molecule has 2 heterocycles. The fourth-order valence-corrected chi connectivity index (χ4v) is 1.91. The molecule has 0 radical (unpaired) electrons. The van der Waals surface area contributed by atoms with E-state index in [-0.39, 0.29) is 5.60 Å². The second-order valence-corrected chi connectivity index (χ2v) is 4.17. The maximum atomic E-state index is 8.63. The average molecular weight is 236 g/mol. The van der Waals surface area contributed by atoms with Crippen LogP contribution in [0.15, 0.2) is 16.5 Å². The maximum absolute atomic E-state index is 8.63. The Morgan fingerprint density at radius 3 is 3.06 bits per heavy atom. The van der Waals surface area contributed by atoms with Gasteiger partial charge in [-0.25, -0.2) is 0 Å². The van der Waals surface area contributed by atoms with Crippen LogP contribution in [0.4, 0.5) is 0 Å². The summed E-state index contributed by atoms with van der Waals surface area (Å²) in [6, 6.07) is 5.43. The van der Waals surface area contributed by atoms with Gasteiger partial charge in [-0.2, -0.15) is 5.26 Å². The van der Waals surface area contributed by atoms with Crippen molar-refractivity contribution < 1.29 is 13.9 Å². The largest absolute Gasteiger partial charge is 0.449 e. The van der Waals surface area contributed by atoms with Gasteiger partial charge in [0.25, 0.3) is 0 Å². The van der Waals surface area contributed by atoms with Gasteiger partial charge >= 0.3 is 0 Å². The average Bonchev–Trinajstić information content (AvgIpc) is 2.98. The van der Waals surface area contributed by atoms with Gasteiger partial charge in [-0.3, -0.25) is 0 Å². The molecule has 1 aliphatic rings. The van der Waals surface area contributed by atoms with E-state index >= 15 is 0 Å². The lowest BCUT2D eigenvalue weighted by Crippen LogP contribution is -2.42. The summed E-state index contributed by atoms with van der Waals surface area (Å²) in [7, 11) is 1.71. The predicted molar refractivity (Wildman–Crippen MR) is 60.3 cm³/mol. The van der Waals surface area contributed by atoms with E-state index in [9.17, 15) is 0 Å². The molecule has 0 aliphatic carbocycles. The number of furan rings is 1. The molecule has 1 fully saturated rings. The van der Waals surface area contributed by atoms with Crippen molar-refractivity contribution in [1.29, 1.82) is 5.26 Å². The molecule has 1 saturated heterocycles. The Balaban J connectivity index is 1.81.